The van der Waals surface area contributed by atoms with Crippen LogP contribution in [0.25, 0.3) is 0 Å². The number of urea groups is 1. The van der Waals surface area contributed by atoms with Crippen molar-refractivity contribution in [2.45, 2.75) is 25.3 Å². The average molecular weight is 240 g/mol. The van der Waals surface area contributed by atoms with Crippen molar-refractivity contribution in [3.8, 4) is 0 Å². The predicted molar refractivity (Wildman–Crippen MR) is 68.0 cm³/mol. The van der Waals surface area contributed by atoms with Gasteiger partial charge in [0.25, 0.3) is 0 Å². The van der Waals surface area contributed by atoms with Crippen LogP contribution in [0.2, 0.25) is 0 Å². The zero-order valence-corrected chi connectivity index (χ0v) is 10.7. The van der Waals surface area contributed by atoms with E-state index in [0.29, 0.717) is 12.0 Å². The van der Waals surface area contributed by atoms with Gasteiger partial charge in [0.1, 0.15) is 0 Å². The zero-order valence-electron chi connectivity index (χ0n) is 10.7. The molecule has 3 N–H and O–H groups in total. The molecular formula is C12H24N4O. The molecule has 2 aliphatic heterocycles. The molecule has 2 fully saturated rings. The van der Waals surface area contributed by atoms with Crippen LogP contribution in [0.5, 0.6) is 0 Å². The Morgan fingerprint density at radius 3 is 3.00 bits per heavy atom. The Balaban J connectivity index is 1.60. The summed E-state index contributed by atoms with van der Waals surface area (Å²) in [5.74, 6) is 0.598. The van der Waals surface area contributed by atoms with E-state index < -0.39 is 0 Å². The summed E-state index contributed by atoms with van der Waals surface area (Å²) in [6, 6.07) is 0.320. The molecule has 2 rings (SSSR count). The molecule has 2 aliphatic rings. The second-order valence-electron chi connectivity index (χ2n) is 5.31. The number of nitrogens with one attached hydrogen (secondary N) is 3. The lowest BCUT2D eigenvalue weighted by molar-refractivity contribution is 0.233. The Kier molecular flexibility index (Phi) is 4.62. The maximum Gasteiger partial charge on any atom is 0.315 e. The van der Waals surface area contributed by atoms with Gasteiger partial charge in [-0.1, -0.05) is 0 Å². The van der Waals surface area contributed by atoms with Crippen LogP contribution in [0, 0.1) is 5.92 Å². The summed E-state index contributed by atoms with van der Waals surface area (Å²) in [6.07, 6.45) is 3.51. The van der Waals surface area contributed by atoms with Crippen LogP contribution < -0.4 is 16.0 Å². The largest absolute Gasteiger partial charge is 0.338 e. The van der Waals surface area contributed by atoms with Crippen molar-refractivity contribution >= 4 is 6.03 Å². The molecule has 5 heteroatoms. The summed E-state index contributed by atoms with van der Waals surface area (Å²) >= 11 is 0. The second-order valence-corrected chi connectivity index (χ2v) is 5.31. The highest BCUT2D eigenvalue weighted by molar-refractivity contribution is 5.74. The topological polar surface area (TPSA) is 56.4 Å². The summed E-state index contributed by atoms with van der Waals surface area (Å²) in [6.45, 7) is 5.00. The van der Waals surface area contributed by atoms with Crippen LogP contribution in [0.4, 0.5) is 4.79 Å². The van der Waals surface area contributed by atoms with Gasteiger partial charge in [0.15, 0.2) is 0 Å². The Labute approximate surface area is 103 Å². The summed E-state index contributed by atoms with van der Waals surface area (Å²) < 4.78 is 0. The molecule has 0 aromatic carbocycles. The molecule has 2 unspecified atom stereocenters. The molecule has 0 bridgehead atoms. The maximum absolute atomic E-state index is 11.7. The first-order valence-corrected chi connectivity index (χ1v) is 6.67. The van der Waals surface area contributed by atoms with Gasteiger partial charge in [-0.05, 0) is 51.9 Å². The minimum atomic E-state index is -0.00382. The van der Waals surface area contributed by atoms with E-state index in [1.807, 2.05) is 0 Å². The molecule has 0 saturated carbocycles. The minimum absolute atomic E-state index is 0.00382. The Morgan fingerprint density at radius 2 is 2.35 bits per heavy atom. The predicted octanol–water partition coefficient (Wildman–Crippen LogP) is -0.0107. The summed E-state index contributed by atoms with van der Waals surface area (Å²) in [5.41, 5.74) is 0. The van der Waals surface area contributed by atoms with E-state index in [0.717, 1.165) is 39.1 Å². The number of amides is 2. The van der Waals surface area contributed by atoms with Crippen LogP contribution >= 0.6 is 0 Å². The van der Waals surface area contributed by atoms with Crippen molar-refractivity contribution in [2.75, 3.05) is 39.8 Å². The van der Waals surface area contributed by atoms with Crippen LogP contribution in [0.3, 0.4) is 0 Å². The fraction of sp³-hybridized carbons (Fsp3) is 0.917. The third kappa shape index (κ3) is 4.16. The molecular weight excluding hydrogens is 216 g/mol. The lowest BCUT2D eigenvalue weighted by Crippen LogP contribution is -2.46. The fourth-order valence-corrected chi connectivity index (χ4v) is 2.62. The number of hydrogen-bond donors (Lipinski definition) is 3. The maximum atomic E-state index is 11.7. The first-order chi connectivity index (χ1) is 8.24. The standard InChI is InChI=1S/C12H24N4O/c1-16-6-4-11(9-16)15-12(17)14-8-10-3-2-5-13-7-10/h10-11,13H,2-9H2,1H3,(H2,14,15,17). The van der Waals surface area contributed by atoms with E-state index >= 15 is 0 Å². The molecule has 2 amide bonds. The highest BCUT2D eigenvalue weighted by atomic mass is 16.2. The van der Waals surface area contributed by atoms with Crippen LogP contribution in [-0.4, -0.2) is 56.7 Å². The summed E-state index contributed by atoms with van der Waals surface area (Å²) in [7, 11) is 2.09. The molecule has 0 spiro atoms. The summed E-state index contributed by atoms with van der Waals surface area (Å²) in [5, 5.41) is 9.38. The number of piperidine rings is 1. The number of likely N-dealkylation sites (N-methyl/N-ethyl adjacent to an activating group) is 1. The van der Waals surface area contributed by atoms with Crippen molar-refractivity contribution in [3.63, 3.8) is 0 Å². The Morgan fingerprint density at radius 1 is 1.47 bits per heavy atom. The number of likely N-dealkylation sites (tertiary alicyclic amines) is 1. The first kappa shape index (κ1) is 12.6. The zero-order chi connectivity index (χ0) is 12.1. The van der Waals surface area contributed by atoms with E-state index in [2.05, 4.69) is 27.9 Å². The van der Waals surface area contributed by atoms with E-state index in [1.54, 1.807) is 0 Å². The highest BCUT2D eigenvalue weighted by Crippen LogP contribution is 2.08. The molecule has 2 heterocycles. The molecule has 2 atom stereocenters. The minimum Gasteiger partial charge on any atom is -0.338 e. The van der Waals surface area contributed by atoms with Gasteiger partial charge in [0.05, 0.1) is 0 Å². The Bertz CT molecular complexity index is 253. The lowest BCUT2D eigenvalue weighted by Gasteiger charge is -2.23. The molecule has 17 heavy (non-hydrogen) atoms. The van der Waals surface area contributed by atoms with Crippen molar-refractivity contribution in [2.24, 2.45) is 5.92 Å². The lowest BCUT2D eigenvalue weighted by atomic mass is 10.00. The smallest absolute Gasteiger partial charge is 0.315 e. The van der Waals surface area contributed by atoms with E-state index in [4.69, 9.17) is 0 Å². The highest BCUT2D eigenvalue weighted by Gasteiger charge is 2.21. The van der Waals surface area contributed by atoms with E-state index in [9.17, 15) is 4.79 Å². The first-order valence-electron chi connectivity index (χ1n) is 6.67. The van der Waals surface area contributed by atoms with Gasteiger partial charge in [-0.15, -0.1) is 0 Å². The van der Waals surface area contributed by atoms with Crippen LogP contribution in [0.1, 0.15) is 19.3 Å². The van der Waals surface area contributed by atoms with Gasteiger partial charge < -0.3 is 20.9 Å². The van der Waals surface area contributed by atoms with Crippen LogP contribution in [0.15, 0.2) is 0 Å². The van der Waals surface area contributed by atoms with Crippen molar-refractivity contribution in [1.29, 1.82) is 0 Å². The normalized spacial score (nSPS) is 30.2. The molecule has 0 radical (unpaired) electrons. The van der Waals surface area contributed by atoms with Crippen molar-refractivity contribution in [3.05, 3.63) is 0 Å². The van der Waals surface area contributed by atoms with E-state index in [-0.39, 0.29) is 6.03 Å². The molecule has 0 aliphatic carbocycles. The van der Waals surface area contributed by atoms with Gasteiger partial charge in [0, 0.05) is 19.1 Å². The monoisotopic (exact) mass is 240 g/mol. The number of rotatable bonds is 3. The average Bonchev–Trinajstić information content (AvgIpc) is 2.73. The SMILES string of the molecule is CN1CCC(NC(=O)NCC2CCCNC2)C1. The van der Waals surface area contributed by atoms with Gasteiger partial charge in [-0.25, -0.2) is 4.79 Å². The van der Waals surface area contributed by atoms with Gasteiger partial charge in [0.2, 0.25) is 0 Å². The quantitative estimate of drug-likeness (QED) is 0.650. The van der Waals surface area contributed by atoms with Gasteiger partial charge >= 0.3 is 6.03 Å². The molecule has 0 aromatic rings. The van der Waals surface area contributed by atoms with E-state index in [1.165, 1.54) is 12.8 Å². The van der Waals surface area contributed by atoms with Gasteiger partial charge in [-0.2, -0.15) is 0 Å². The number of hydrogen-bond acceptors (Lipinski definition) is 3. The fourth-order valence-electron chi connectivity index (χ4n) is 2.62. The van der Waals surface area contributed by atoms with Gasteiger partial charge in [-0.3, -0.25) is 0 Å². The number of carbonyl (C=O) groups excluding carboxylic acids is 1. The Hall–Kier alpha value is -0.810. The molecule has 98 valence electrons. The third-order valence-electron chi connectivity index (χ3n) is 3.68. The second kappa shape index (κ2) is 6.21. The third-order valence-corrected chi connectivity index (χ3v) is 3.68. The molecule has 2 saturated heterocycles. The summed E-state index contributed by atoms with van der Waals surface area (Å²) in [4.78, 5) is 13.9. The number of carbonyl (C=O) groups is 1. The number of nitrogens with zero attached hydrogens (tertiary/aromatic N) is 1. The molecule has 5 nitrogen and oxygen atoms in total. The van der Waals surface area contributed by atoms with Crippen molar-refractivity contribution < 1.29 is 4.79 Å². The van der Waals surface area contributed by atoms with Crippen molar-refractivity contribution in [1.82, 2.24) is 20.9 Å². The molecule has 0 aromatic heterocycles. The van der Waals surface area contributed by atoms with Crippen LogP contribution in [-0.2, 0) is 0 Å².